The Bertz CT molecular complexity index is 811. The van der Waals surface area contributed by atoms with Crippen LogP contribution < -0.4 is 5.32 Å². The number of oxazole rings is 1. The molecule has 0 bridgehead atoms. The first-order chi connectivity index (χ1) is 10.9. The summed E-state index contributed by atoms with van der Waals surface area (Å²) >= 11 is 0. The molecule has 1 aromatic heterocycles. The van der Waals surface area contributed by atoms with Gasteiger partial charge in [-0.1, -0.05) is 12.1 Å². The SMILES string of the molecule is Oc1cccc(-c2cnc(Nc3ccc(C(F)(F)F)cc3)o2)c1. The number of aromatic nitrogens is 1. The third-order valence-corrected chi connectivity index (χ3v) is 3.10. The van der Waals surface area contributed by atoms with Crippen molar-refractivity contribution >= 4 is 11.7 Å². The van der Waals surface area contributed by atoms with E-state index in [0.29, 0.717) is 17.0 Å². The quantitative estimate of drug-likeness (QED) is 0.727. The summed E-state index contributed by atoms with van der Waals surface area (Å²) in [5.41, 5.74) is 0.330. The van der Waals surface area contributed by atoms with Crippen molar-refractivity contribution in [1.29, 1.82) is 0 Å². The van der Waals surface area contributed by atoms with Crippen LogP contribution in [0.1, 0.15) is 5.56 Å². The van der Waals surface area contributed by atoms with Gasteiger partial charge in [0.2, 0.25) is 0 Å². The summed E-state index contributed by atoms with van der Waals surface area (Å²) in [6.07, 6.45) is -2.91. The highest BCUT2D eigenvalue weighted by molar-refractivity contribution is 5.61. The average molecular weight is 320 g/mol. The molecule has 0 aliphatic heterocycles. The van der Waals surface area contributed by atoms with Crippen LogP contribution >= 0.6 is 0 Å². The van der Waals surface area contributed by atoms with Crippen LogP contribution in [0.4, 0.5) is 24.9 Å². The maximum atomic E-state index is 12.5. The molecule has 0 radical (unpaired) electrons. The highest BCUT2D eigenvalue weighted by Crippen LogP contribution is 2.31. The van der Waals surface area contributed by atoms with Crippen molar-refractivity contribution in [1.82, 2.24) is 4.98 Å². The number of hydrogen-bond acceptors (Lipinski definition) is 4. The highest BCUT2D eigenvalue weighted by atomic mass is 19.4. The van der Waals surface area contributed by atoms with Crippen molar-refractivity contribution in [3.63, 3.8) is 0 Å². The van der Waals surface area contributed by atoms with Crippen LogP contribution in [0.5, 0.6) is 5.75 Å². The lowest BCUT2D eigenvalue weighted by molar-refractivity contribution is -0.137. The van der Waals surface area contributed by atoms with Gasteiger partial charge < -0.3 is 14.8 Å². The number of alkyl halides is 3. The molecule has 0 fully saturated rings. The van der Waals surface area contributed by atoms with Gasteiger partial charge in [0.1, 0.15) is 5.75 Å². The minimum Gasteiger partial charge on any atom is -0.508 e. The van der Waals surface area contributed by atoms with Crippen molar-refractivity contribution in [2.45, 2.75) is 6.18 Å². The summed E-state index contributed by atoms with van der Waals surface area (Å²) in [6.45, 7) is 0. The van der Waals surface area contributed by atoms with Gasteiger partial charge in [0.15, 0.2) is 5.76 Å². The first-order valence-electron chi connectivity index (χ1n) is 6.61. The second kappa shape index (κ2) is 5.68. The van der Waals surface area contributed by atoms with Crippen LogP contribution in [-0.4, -0.2) is 10.1 Å². The van der Waals surface area contributed by atoms with Gasteiger partial charge in [0.05, 0.1) is 11.8 Å². The fourth-order valence-corrected chi connectivity index (χ4v) is 1.99. The molecule has 2 N–H and O–H groups in total. The predicted molar refractivity (Wildman–Crippen MR) is 78.3 cm³/mol. The fraction of sp³-hybridized carbons (Fsp3) is 0.0625. The number of anilines is 2. The van der Waals surface area contributed by atoms with Crippen LogP contribution in [0.2, 0.25) is 0 Å². The average Bonchev–Trinajstić information content (AvgIpc) is 2.95. The lowest BCUT2D eigenvalue weighted by Gasteiger charge is -2.07. The second-order valence-electron chi connectivity index (χ2n) is 4.78. The molecule has 0 saturated carbocycles. The summed E-state index contributed by atoms with van der Waals surface area (Å²) in [4.78, 5) is 4.01. The van der Waals surface area contributed by atoms with Gasteiger partial charge in [-0.15, -0.1) is 0 Å². The van der Waals surface area contributed by atoms with Crippen molar-refractivity contribution in [3.05, 3.63) is 60.3 Å². The highest BCUT2D eigenvalue weighted by Gasteiger charge is 2.29. The molecule has 3 rings (SSSR count). The molecule has 3 aromatic rings. The number of halogens is 3. The molecule has 2 aromatic carbocycles. The first-order valence-corrected chi connectivity index (χ1v) is 6.61. The maximum Gasteiger partial charge on any atom is 0.416 e. The molecule has 4 nitrogen and oxygen atoms in total. The summed E-state index contributed by atoms with van der Waals surface area (Å²) in [5, 5.41) is 12.2. The largest absolute Gasteiger partial charge is 0.508 e. The summed E-state index contributed by atoms with van der Waals surface area (Å²) in [6, 6.07) is 11.1. The predicted octanol–water partition coefficient (Wildman–Crippen LogP) is 4.81. The van der Waals surface area contributed by atoms with E-state index in [0.717, 1.165) is 12.1 Å². The van der Waals surface area contributed by atoms with E-state index >= 15 is 0 Å². The Hall–Kier alpha value is -2.96. The maximum absolute atomic E-state index is 12.5. The number of rotatable bonds is 3. The van der Waals surface area contributed by atoms with E-state index in [1.165, 1.54) is 30.5 Å². The van der Waals surface area contributed by atoms with E-state index in [2.05, 4.69) is 10.3 Å². The van der Waals surface area contributed by atoms with E-state index in [1.807, 2.05) is 0 Å². The second-order valence-corrected chi connectivity index (χ2v) is 4.78. The van der Waals surface area contributed by atoms with Gasteiger partial charge >= 0.3 is 6.18 Å². The Balaban J connectivity index is 1.77. The number of nitrogens with one attached hydrogen (secondary N) is 1. The number of hydrogen-bond donors (Lipinski definition) is 2. The molecule has 1 heterocycles. The topological polar surface area (TPSA) is 58.3 Å². The molecule has 23 heavy (non-hydrogen) atoms. The van der Waals surface area contributed by atoms with Crippen molar-refractivity contribution < 1.29 is 22.7 Å². The number of nitrogens with zero attached hydrogens (tertiary/aromatic N) is 1. The molecule has 0 saturated heterocycles. The Morgan fingerprint density at radius 1 is 1.04 bits per heavy atom. The number of phenols is 1. The third-order valence-electron chi connectivity index (χ3n) is 3.10. The summed E-state index contributed by atoms with van der Waals surface area (Å²) < 4.78 is 43.0. The Morgan fingerprint density at radius 2 is 1.78 bits per heavy atom. The summed E-state index contributed by atoms with van der Waals surface area (Å²) in [5.74, 6) is 0.520. The minimum absolute atomic E-state index is 0.0937. The third kappa shape index (κ3) is 3.45. The Morgan fingerprint density at radius 3 is 2.43 bits per heavy atom. The standard InChI is InChI=1S/C16H11F3N2O2/c17-16(18,19)11-4-6-12(7-5-11)21-15-20-9-14(23-15)10-2-1-3-13(22)8-10/h1-9,22H,(H,20,21). The molecule has 0 amide bonds. The number of phenolic OH excluding ortho intramolecular Hbond substituents is 1. The number of benzene rings is 2. The van der Waals surface area contributed by atoms with Gasteiger partial charge in [-0.3, -0.25) is 0 Å². The van der Waals surface area contributed by atoms with E-state index in [9.17, 15) is 18.3 Å². The van der Waals surface area contributed by atoms with E-state index in [4.69, 9.17) is 4.42 Å². The molecular formula is C16H11F3N2O2. The summed E-state index contributed by atoms with van der Waals surface area (Å²) in [7, 11) is 0. The van der Waals surface area contributed by atoms with Crippen LogP contribution in [0, 0.1) is 0 Å². The lowest BCUT2D eigenvalue weighted by atomic mass is 10.2. The lowest BCUT2D eigenvalue weighted by Crippen LogP contribution is -2.04. The zero-order valence-corrected chi connectivity index (χ0v) is 11.6. The van der Waals surface area contributed by atoms with Crippen LogP contribution in [-0.2, 0) is 6.18 Å². The molecule has 118 valence electrons. The van der Waals surface area contributed by atoms with Crippen LogP contribution in [0.25, 0.3) is 11.3 Å². The van der Waals surface area contributed by atoms with Crippen LogP contribution in [0.3, 0.4) is 0 Å². The fourth-order valence-electron chi connectivity index (χ4n) is 1.99. The zero-order chi connectivity index (χ0) is 16.4. The molecule has 0 aliphatic rings. The van der Waals surface area contributed by atoms with Gasteiger partial charge in [-0.05, 0) is 36.4 Å². The number of aromatic hydroxyl groups is 1. The van der Waals surface area contributed by atoms with Crippen LogP contribution in [0.15, 0.2) is 59.1 Å². The van der Waals surface area contributed by atoms with Crippen molar-refractivity contribution in [2.24, 2.45) is 0 Å². The Kier molecular flexibility index (Phi) is 3.69. The smallest absolute Gasteiger partial charge is 0.416 e. The van der Waals surface area contributed by atoms with Crippen molar-refractivity contribution in [3.8, 4) is 17.1 Å². The van der Waals surface area contributed by atoms with Gasteiger partial charge in [0, 0.05) is 11.3 Å². The van der Waals surface area contributed by atoms with Gasteiger partial charge in [0.25, 0.3) is 6.01 Å². The minimum atomic E-state index is -4.37. The van der Waals surface area contributed by atoms with E-state index < -0.39 is 11.7 Å². The van der Waals surface area contributed by atoms with E-state index in [1.54, 1.807) is 12.1 Å². The van der Waals surface area contributed by atoms with Gasteiger partial charge in [-0.25, -0.2) is 4.98 Å². The van der Waals surface area contributed by atoms with E-state index in [-0.39, 0.29) is 11.8 Å². The molecule has 0 spiro atoms. The molecule has 0 atom stereocenters. The zero-order valence-electron chi connectivity index (χ0n) is 11.6. The molecular weight excluding hydrogens is 309 g/mol. The Labute approximate surface area is 129 Å². The van der Waals surface area contributed by atoms with Crippen molar-refractivity contribution in [2.75, 3.05) is 5.32 Å². The normalized spacial score (nSPS) is 11.4. The van der Waals surface area contributed by atoms with Gasteiger partial charge in [-0.2, -0.15) is 13.2 Å². The molecule has 7 heteroatoms. The first kappa shape index (κ1) is 15.0. The molecule has 0 aliphatic carbocycles. The molecule has 0 unspecified atom stereocenters. The monoisotopic (exact) mass is 320 g/mol.